The smallest absolute Gasteiger partial charge is 0.334 e. The first kappa shape index (κ1) is 13.6. The van der Waals surface area contributed by atoms with Gasteiger partial charge in [-0.1, -0.05) is 0 Å². The number of aliphatic hydroxyl groups excluding tert-OH is 1. The molecule has 0 fully saturated rings. The third kappa shape index (κ3) is 3.02. The third-order valence-electron chi connectivity index (χ3n) is 2.22. The second-order valence-corrected chi connectivity index (χ2v) is 3.45. The van der Waals surface area contributed by atoms with Crippen molar-refractivity contribution in [2.75, 3.05) is 20.8 Å². The van der Waals surface area contributed by atoms with Gasteiger partial charge in [-0.15, -0.1) is 0 Å². The van der Waals surface area contributed by atoms with Crippen molar-refractivity contribution < 1.29 is 14.6 Å². The molecule has 0 aliphatic rings. The molecule has 1 aromatic heterocycles. The Kier molecular flexibility index (Phi) is 5.08. The Morgan fingerprint density at radius 1 is 1.24 bits per heavy atom. The average molecular weight is 244 g/mol. The normalized spacial score (nSPS) is 10.8. The highest BCUT2D eigenvalue weighted by atomic mass is 16.5. The monoisotopic (exact) mass is 244 g/mol. The molecule has 1 rings (SSSR count). The van der Waals surface area contributed by atoms with E-state index in [2.05, 4.69) is 0 Å². The number of ether oxygens (including phenoxy) is 2. The van der Waals surface area contributed by atoms with E-state index >= 15 is 0 Å². The molecule has 1 aromatic rings. The molecule has 0 bridgehead atoms. The number of aromatic nitrogens is 2. The molecule has 0 unspecified atom stereocenters. The van der Waals surface area contributed by atoms with Gasteiger partial charge in [0.25, 0.3) is 5.56 Å². The Morgan fingerprint density at radius 2 is 1.88 bits per heavy atom. The lowest BCUT2D eigenvalue weighted by atomic mass is 10.2. The minimum Gasteiger partial charge on any atom is -0.396 e. The summed E-state index contributed by atoms with van der Waals surface area (Å²) >= 11 is 0. The molecule has 0 aliphatic carbocycles. The van der Waals surface area contributed by atoms with Crippen LogP contribution in [-0.4, -0.2) is 35.1 Å². The Hall–Kier alpha value is -1.44. The van der Waals surface area contributed by atoms with Gasteiger partial charge in [0.15, 0.2) is 0 Å². The molecule has 1 N–H and O–H groups in total. The SMILES string of the molecule is COCn1cc(CCO)c(=O)n(COC)c1=O. The van der Waals surface area contributed by atoms with Crippen LogP contribution in [0.1, 0.15) is 5.56 Å². The highest BCUT2D eigenvalue weighted by molar-refractivity contribution is 5.06. The van der Waals surface area contributed by atoms with E-state index in [4.69, 9.17) is 14.6 Å². The van der Waals surface area contributed by atoms with E-state index in [-0.39, 0.29) is 26.5 Å². The maximum absolute atomic E-state index is 11.8. The average Bonchev–Trinajstić information content (AvgIpc) is 2.31. The molecule has 17 heavy (non-hydrogen) atoms. The summed E-state index contributed by atoms with van der Waals surface area (Å²) < 4.78 is 11.9. The first-order valence-electron chi connectivity index (χ1n) is 5.07. The Bertz CT molecular complexity index is 438. The standard InChI is InChI=1S/C10H16N2O5/c1-16-6-11-5-8(3-4-13)9(14)12(7-17-2)10(11)15/h5,13H,3-4,6-7H2,1-2H3. The topological polar surface area (TPSA) is 82.7 Å². The van der Waals surface area contributed by atoms with Crippen LogP contribution in [0, 0.1) is 0 Å². The van der Waals surface area contributed by atoms with Crippen molar-refractivity contribution in [1.82, 2.24) is 9.13 Å². The van der Waals surface area contributed by atoms with Gasteiger partial charge in [-0.3, -0.25) is 9.36 Å². The fourth-order valence-electron chi connectivity index (χ4n) is 1.48. The first-order valence-corrected chi connectivity index (χ1v) is 5.07. The number of hydrogen-bond acceptors (Lipinski definition) is 5. The lowest BCUT2D eigenvalue weighted by Crippen LogP contribution is -2.42. The summed E-state index contributed by atoms with van der Waals surface area (Å²) in [5.41, 5.74) is -0.597. The summed E-state index contributed by atoms with van der Waals surface area (Å²) in [6, 6.07) is 0. The quantitative estimate of drug-likeness (QED) is 0.676. The third-order valence-corrected chi connectivity index (χ3v) is 2.22. The van der Waals surface area contributed by atoms with Crippen LogP contribution in [0.5, 0.6) is 0 Å². The van der Waals surface area contributed by atoms with Crippen LogP contribution in [0.3, 0.4) is 0 Å². The van der Waals surface area contributed by atoms with Crippen LogP contribution in [-0.2, 0) is 29.4 Å². The van der Waals surface area contributed by atoms with Crippen LogP contribution in [0.4, 0.5) is 0 Å². The van der Waals surface area contributed by atoms with Crippen LogP contribution in [0.25, 0.3) is 0 Å². The molecular formula is C10H16N2O5. The Morgan fingerprint density at radius 3 is 2.41 bits per heavy atom. The summed E-state index contributed by atoms with van der Waals surface area (Å²) in [4.78, 5) is 23.7. The van der Waals surface area contributed by atoms with E-state index in [0.717, 1.165) is 4.57 Å². The first-order chi connectivity index (χ1) is 8.15. The molecule has 0 aromatic carbocycles. The molecule has 0 saturated heterocycles. The highest BCUT2D eigenvalue weighted by Crippen LogP contribution is 1.92. The van der Waals surface area contributed by atoms with Crippen molar-refractivity contribution >= 4 is 0 Å². The van der Waals surface area contributed by atoms with Crippen molar-refractivity contribution in [2.45, 2.75) is 19.9 Å². The Labute approximate surface area is 97.8 Å². The predicted molar refractivity (Wildman–Crippen MR) is 59.8 cm³/mol. The van der Waals surface area contributed by atoms with E-state index in [1.54, 1.807) is 0 Å². The van der Waals surface area contributed by atoms with Gasteiger partial charge < -0.3 is 14.6 Å². The molecule has 0 amide bonds. The van der Waals surface area contributed by atoms with Gasteiger partial charge in [-0.25, -0.2) is 9.36 Å². The van der Waals surface area contributed by atoms with Gasteiger partial charge in [0.1, 0.15) is 13.5 Å². The molecule has 0 saturated carbocycles. The van der Waals surface area contributed by atoms with Crippen molar-refractivity contribution in [1.29, 1.82) is 0 Å². The van der Waals surface area contributed by atoms with Crippen LogP contribution in [0.2, 0.25) is 0 Å². The van der Waals surface area contributed by atoms with E-state index in [1.807, 2.05) is 0 Å². The van der Waals surface area contributed by atoms with Crippen molar-refractivity contribution in [3.8, 4) is 0 Å². The fraction of sp³-hybridized carbons (Fsp3) is 0.600. The molecule has 1 heterocycles. The number of aliphatic hydroxyl groups is 1. The second kappa shape index (κ2) is 6.33. The van der Waals surface area contributed by atoms with E-state index in [9.17, 15) is 9.59 Å². The minimum absolute atomic E-state index is 0.0429. The molecule has 0 radical (unpaired) electrons. The van der Waals surface area contributed by atoms with Gasteiger partial charge >= 0.3 is 5.69 Å². The van der Waals surface area contributed by atoms with Gasteiger partial charge in [0.05, 0.1) is 0 Å². The molecule has 96 valence electrons. The summed E-state index contributed by atoms with van der Waals surface area (Å²) in [7, 11) is 2.84. The van der Waals surface area contributed by atoms with Gasteiger partial charge in [-0.2, -0.15) is 0 Å². The molecule has 0 atom stereocenters. The van der Waals surface area contributed by atoms with Crippen LogP contribution >= 0.6 is 0 Å². The molecule has 7 nitrogen and oxygen atoms in total. The van der Waals surface area contributed by atoms with E-state index < -0.39 is 11.2 Å². The van der Waals surface area contributed by atoms with E-state index in [1.165, 1.54) is 25.0 Å². The predicted octanol–water partition coefficient (Wildman–Crippen LogP) is -1.25. The number of rotatable bonds is 6. The zero-order valence-electron chi connectivity index (χ0n) is 9.88. The lowest BCUT2D eigenvalue weighted by molar-refractivity contribution is 0.104. The largest absolute Gasteiger partial charge is 0.396 e. The zero-order valence-corrected chi connectivity index (χ0v) is 9.88. The fourth-order valence-corrected chi connectivity index (χ4v) is 1.48. The van der Waals surface area contributed by atoms with Crippen molar-refractivity contribution in [3.63, 3.8) is 0 Å². The lowest BCUT2D eigenvalue weighted by Gasteiger charge is -2.11. The van der Waals surface area contributed by atoms with E-state index in [0.29, 0.717) is 5.56 Å². The minimum atomic E-state index is -0.500. The maximum Gasteiger partial charge on any atom is 0.334 e. The number of nitrogens with zero attached hydrogens (tertiary/aromatic N) is 2. The summed E-state index contributed by atoms with van der Waals surface area (Å²) in [5, 5.41) is 8.86. The maximum atomic E-state index is 11.8. The highest BCUT2D eigenvalue weighted by Gasteiger charge is 2.10. The van der Waals surface area contributed by atoms with Gasteiger partial charge in [-0.05, 0) is 0 Å². The van der Waals surface area contributed by atoms with Crippen molar-refractivity contribution in [2.24, 2.45) is 0 Å². The zero-order chi connectivity index (χ0) is 12.8. The molecular weight excluding hydrogens is 228 g/mol. The number of methoxy groups -OCH3 is 2. The summed E-state index contributed by atoms with van der Waals surface area (Å²) in [6.07, 6.45) is 1.59. The van der Waals surface area contributed by atoms with Gasteiger partial charge in [0.2, 0.25) is 0 Å². The summed E-state index contributed by atoms with van der Waals surface area (Å²) in [5.74, 6) is 0. The van der Waals surface area contributed by atoms with Gasteiger partial charge in [0, 0.05) is 39.0 Å². The van der Waals surface area contributed by atoms with Crippen LogP contribution in [0.15, 0.2) is 15.8 Å². The Balaban J connectivity index is 3.35. The molecule has 7 heteroatoms. The molecule has 0 spiro atoms. The van der Waals surface area contributed by atoms with Crippen molar-refractivity contribution in [3.05, 3.63) is 32.6 Å². The second-order valence-electron chi connectivity index (χ2n) is 3.45. The number of hydrogen-bond donors (Lipinski definition) is 1. The summed E-state index contributed by atoms with van der Waals surface area (Å²) in [6.45, 7) is -0.241. The van der Waals surface area contributed by atoms with Crippen LogP contribution < -0.4 is 11.2 Å². The molecule has 0 aliphatic heterocycles.